The Balaban J connectivity index is -0.0000000985. The lowest BCUT2D eigenvalue weighted by Crippen LogP contribution is -2.00. The quantitative estimate of drug-likeness (QED) is 0.284. The molecule has 0 rings (SSSR count). The van der Waals surface area contributed by atoms with Crippen molar-refractivity contribution < 1.29 is 38.6 Å². The number of rotatable bonds is 15. The summed E-state index contributed by atoms with van der Waals surface area (Å²) in [6.07, 6.45) is 1.03. The molecule has 0 unspecified atom stereocenters. The predicted octanol–water partition coefficient (Wildman–Crippen LogP) is 3.94. The average Bonchev–Trinajstić information content (AvgIpc) is 2.68. The van der Waals surface area contributed by atoms with Crippen molar-refractivity contribution in [2.75, 3.05) is 73.7 Å². The standard InChI is InChI=1S/C8H14O2.C6H12O2.C5H12O2.C3H8O2.CH4/c1-7(2)9-5-6-10-8(3)4;1-6(2)8-5-4-7-3;1-2-4-7-5-3-6;1-5-3-2-4;/h1,3,5-6H2,2,4H3;1,4-5H2,2-3H3;6H,2-5H2,1H3;4H,2-3H2,1H3;1H4. The second-order valence-corrected chi connectivity index (χ2v) is 5.70. The molecule has 0 aromatic rings. The lowest BCUT2D eigenvalue weighted by atomic mass is 10.5. The van der Waals surface area contributed by atoms with Gasteiger partial charge in [0.2, 0.25) is 0 Å². The van der Waals surface area contributed by atoms with Crippen LogP contribution in [-0.2, 0) is 28.4 Å². The third-order valence-electron chi connectivity index (χ3n) is 2.30. The Morgan fingerprint density at radius 2 is 0.968 bits per heavy atom. The first-order valence-electron chi connectivity index (χ1n) is 9.85. The Morgan fingerprint density at radius 3 is 1.19 bits per heavy atom. The summed E-state index contributed by atoms with van der Waals surface area (Å²) in [5, 5.41) is 16.1. The highest BCUT2D eigenvalue weighted by molar-refractivity contribution is 4.75. The van der Waals surface area contributed by atoms with Crippen molar-refractivity contribution in [3.63, 3.8) is 0 Å². The monoisotopic (exact) mass is 454 g/mol. The number of hydrogen-bond donors (Lipinski definition) is 2. The van der Waals surface area contributed by atoms with Gasteiger partial charge in [-0.2, -0.15) is 0 Å². The minimum absolute atomic E-state index is 0. The molecule has 0 aliphatic rings. The van der Waals surface area contributed by atoms with Crippen molar-refractivity contribution in [2.45, 2.75) is 41.5 Å². The Morgan fingerprint density at radius 1 is 0.613 bits per heavy atom. The number of hydrogen-bond acceptors (Lipinski definition) is 8. The smallest absolute Gasteiger partial charge is 0.122 e. The molecule has 190 valence electrons. The Labute approximate surface area is 191 Å². The molecule has 0 amide bonds. The lowest BCUT2D eigenvalue weighted by molar-refractivity contribution is 0.0928. The molecule has 0 bridgehead atoms. The highest BCUT2D eigenvalue weighted by Crippen LogP contribution is 1.93. The summed E-state index contributed by atoms with van der Waals surface area (Å²) in [6.45, 7) is 22.4. The van der Waals surface area contributed by atoms with E-state index in [4.69, 9.17) is 33.9 Å². The minimum atomic E-state index is 0. The minimum Gasteiger partial charge on any atom is -0.496 e. The van der Waals surface area contributed by atoms with Crippen molar-refractivity contribution in [1.82, 2.24) is 0 Å². The van der Waals surface area contributed by atoms with E-state index < -0.39 is 0 Å². The second kappa shape index (κ2) is 39.0. The van der Waals surface area contributed by atoms with E-state index in [1.807, 2.05) is 13.8 Å². The maximum absolute atomic E-state index is 8.17. The van der Waals surface area contributed by atoms with Crippen LogP contribution in [0.15, 0.2) is 37.0 Å². The van der Waals surface area contributed by atoms with Crippen LogP contribution in [0.3, 0.4) is 0 Å². The van der Waals surface area contributed by atoms with Gasteiger partial charge in [-0.1, -0.05) is 34.1 Å². The van der Waals surface area contributed by atoms with Crippen LogP contribution in [0.5, 0.6) is 0 Å². The summed E-state index contributed by atoms with van der Waals surface area (Å²) in [7, 11) is 3.19. The molecule has 0 spiro atoms. The lowest BCUT2D eigenvalue weighted by Gasteiger charge is -2.06. The molecule has 8 nitrogen and oxygen atoms in total. The first-order valence-corrected chi connectivity index (χ1v) is 9.85. The zero-order valence-corrected chi connectivity index (χ0v) is 20.0. The SMILES string of the molecule is C.C=C(C)OCCOC.C=C(C)OCCOC(=C)C.CCCOCCO.COCCO. The molecule has 8 heteroatoms. The maximum Gasteiger partial charge on any atom is 0.122 e. The summed E-state index contributed by atoms with van der Waals surface area (Å²) < 4.78 is 29.1. The number of ether oxygens (including phenoxy) is 6. The summed E-state index contributed by atoms with van der Waals surface area (Å²) in [5.74, 6) is 2.16. The number of aliphatic hydroxyl groups excluding tert-OH is 2. The largest absolute Gasteiger partial charge is 0.496 e. The van der Waals surface area contributed by atoms with Gasteiger partial charge in [0.05, 0.1) is 50.3 Å². The number of methoxy groups -OCH3 is 2. The van der Waals surface area contributed by atoms with Crippen molar-refractivity contribution in [1.29, 1.82) is 0 Å². The predicted molar refractivity (Wildman–Crippen MR) is 128 cm³/mol. The van der Waals surface area contributed by atoms with Crippen molar-refractivity contribution in [3.05, 3.63) is 37.0 Å². The van der Waals surface area contributed by atoms with Gasteiger partial charge in [0.1, 0.15) is 19.8 Å². The highest BCUT2D eigenvalue weighted by atomic mass is 16.5. The molecular weight excluding hydrogens is 404 g/mol. The molecule has 0 aromatic carbocycles. The maximum atomic E-state index is 8.17. The number of aliphatic hydroxyl groups is 2. The molecule has 2 N–H and O–H groups in total. The first kappa shape index (κ1) is 39.8. The topological polar surface area (TPSA) is 95.8 Å². The van der Waals surface area contributed by atoms with Gasteiger partial charge in [0.15, 0.2) is 0 Å². The first-order chi connectivity index (χ1) is 14.2. The fourth-order valence-electron chi connectivity index (χ4n) is 1.13. The summed E-state index contributed by atoms with van der Waals surface area (Å²) in [4.78, 5) is 0. The average molecular weight is 455 g/mol. The second-order valence-electron chi connectivity index (χ2n) is 5.70. The van der Waals surface area contributed by atoms with Gasteiger partial charge in [-0.15, -0.1) is 0 Å². The van der Waals surface area contributed by atoms with Crippen LogP contribution in [0.4, 0.5) is 0 Å². The fraction of sp³-hybridized carbons (Fsp3) is 0.739. The molecule has 0 radical (unpaired) electrons. The van der Waals surface area contributed by atoms with Crippen LogP contribution in [-0.4, -0.2) is 83.9 Å². The van der Waals surface area contributed by atoms with E-state index in [9.17, 15) is 0 Å². The zero-order valence-electron chi connectivity index (χ0n) is 20.0. The summed E-state index contributed by atoms with van der Waals surface area (Å²) in [6, 6.07) is 0. The van der Waals surface area contributed by atoms with E-state index in [-0.39, 0.29) is 20.6 Å². The molecule has 0 saturated heterocycles. The van der Waals surface area contributed by atoms with Crippen LogP contribution in [0.2, 0.25) is 0 Å². The molecule has 31 heavy (non-hydrogen) atoms. The van der Waals surface area contributed by atoms with Crippen molar-refractivity contribution in [3.8, 4) is 0 Å². The van der Waals surface area contributed by atoms with Gasteiger partial charge in [0.25, 0.3) is 0 Å². The van der Waals surface area contributed by atoms with Crippen LogP contribution >= 0.6 is 0 Å². The van der Waals surface area contributed by atoms with E-state index in [0.29, 0.717) is 51.2 Å². The van der Waals surface area contributed by atoms with Gasteiger partial charge in [0, 0.05) is 20.8 Å². The molecule has 0 aromatic heterocycles. The van der Waals surface area contributed by atoms with E-state index in [1.165, 1.54) is 0 Å². The van der Waals surface area contributed by atoms with Gasteiger partial charge >= 0.3 is 0 Å². The summed E-state index contributed by atoms with van der Waals surface area (Å²) >= 11 is 0. The van der Waals surface area contributed by atoms with Gasteiger partial charge in [-0.05, 0) is 27.2 Å². The van der Waals surface area contributed by atoms with E-state index in [2.05, 4.69) is 24.5 Å². The van der Waals surface area contributed by atoms with Crippen molar-refractivity contribution >= 4 is 0 Å². The van der Waals surface area contributed by atoms with E-state index in [1.54, 1.807) is 28.1 Å². The molecule has 0 aliphatic carbocycles. The van der Waals surface area contributed by atoms with Crippen LogP contribution < -0.4 is 0 Å². The molecular formula is C23H50O8. The van der Waals surface area contributed by atoms with Gasteiger partial charge in [-0.25, -0.2) is 0 Å². The molecule has 0 saturated carbocycles. The van der Waals surface area contributed by atoms with Gasteiger partial charge < -0.3 is 38.6 Å². The zero-order chi connectivity index (χ0) is 24.0. The molecule has 0 heterocycles. The van der Waals surface area contributed by atoms with Gasteiger partial charge in [-0.3, -0.25) is 0 Å². The molecule has 0 atom stereocenters. The Kier molecular flexibility index (Phi) is 50.1. The van der Waals surface area contributed by atoms with Crippen LogP contribution in [0, 0.1) is 0 Å². The fourth-order valence-corrected chi connectivity index (χ4v) is 1.13. The third-order valence-corrected chi connectivity index (χ3v) is 2.30. The molecule has 0 aliphatic heterocycles. The highest BCUT2D eigenvalue weighted by Gasteiger charge is 1.87. The summed E-state index contributed by atoms with van der Waals surface area (Å²) in [5.41, 5.74) is 0. The number of allylic oxidation sites excluding steroid dienone is 3. The van der Waals surface area contributed by atoms with Crippen molar-refractivity contribution in [2.24, 2.45) is 0 Å². The van der Waals surface area contributed by atoms with E-state index in [0.717, 1.165) is 18.8 Å². The van der Waals surface area contributed by atoms with Crippen LogP contribution in [0.25, 0.3) is 0 Å². The third kappa shape index (κ3) is 73.6. The van der Waals surface area contributed by atoms with E-state index >= 15 is 0 Å². The molecule has 0 fully saturated rings. The van der Waals surface area contributed by atoms with Crippen LogP contribution in [0.1, 0.15) is 41.5 Å². The normalized spacial score (nSPS) is 8.52. The Hall–Kier alpha value is -1.58. The Bertz CT molecular complexity index is 337.